The average molecular weight is 475 g/mol. The minimum atomic E-state index is -3.93. The molecule has 0 saturated carbocycles. The monoisotopic (exact) mass is 474 g/mol. The van der Waals surface area contributed by atoms with E-state index in [-0.39, 0.29) is 30.1 Å². The molecule has 9 nitrogen and oxygen atoms in total. The Labute approximate surface area is 194 Å². The van der Waals surface area contributed by atoms with Crippen molar-refractivity contribution in [3.8, 4) is 0 Å². The molecule has 1 aliphatic rings. The van der Waals surface area contributed by atoms with Gasteiger partial charge in [-0.25, -0.2) is 13.1 Å². The van der Waals surface area contributed by atoms with Crippen molar-refractivity contribution in [2.75, 3.05) is 6.54 Å². The zero-order valence-electron chi connectivity index (χ0n) is 18.9. The number of nitrogens with zero attached hydrogens (tertiary/aromatic N) is 2. The molecule has 0 radical (unpaired) electrons. The number of sulfonamides is 1. The van der Waals surface area contributed by atoms with Crippen molar-refractivity contribution in [1.29, 1.82) is 0 Å². The highest BCUT2D eigenvalue weighted by Crippen LogP contribution is 2.19. The van der Waals surface area contributed by atoms with E-state index in [0.29, 0.717) is 19.5 Å². The summed E-state index contributed by atoms with van der Waals surface area (Å²) in [6, 6.07) is 6.81. The van der Waals surface area contributed by atoms with Crippen LogP contribution in [0.3, 0.4) is 0 Å². The molecule has 2 unspecified atom stereocenters. The number of ketones is 2. The van der Waals surface area contributed by atoms with Crippen LogP contribution < -0.4 is 10.0 Å². The van der Waals surface area contributed by atoms with Crippen LogP contribution in [-0.2, 0) is 37.4 Å². The molecule has 2 N–H and O–H groups in total. The van der Waals surface area contributed by atoms with Gasteiger partial charge in [0.25, 0.3) is 5.91 Å². The summed E-state index contributed by atoms with van der Waals surface area (Å²) in [5, 5.41) is 6.86. The number of hydrogen-bond acceptors (Lipinski definition) is 6. The molecule has 2 bridgehead atoms. The zero-order chi connectivity index (χ0) is 24.0. The van der Waals surface area contributed by atoms with E-state index in [1.54, 1.807) is 29.1 Å². The molecular formula is C23H30N4O5S. The quantitative estimate of drug-likeness (QED) is 0.558. The van der Waals surface area contributed by atoms with Gasteiger partial charge in [0.15, 0.2) is 5.78 Å². The smallest absolute Gasteiger partial charge is 0.287 e. The van der Waals surface area contributed by atoms with Gasteiger partial charge in [-0.15, -0.1) is 0 Å². The van der Waals surface area contributed by atoms with Gasteiger partial charge < -0.3 is 5.32 Å². The zero-order valence-corrected chi connectivity index (χ0v) is 19.7. The summed E-state index contributed by atoms with van der Waals surface area (Å²) in [4.78, 5) is 38.5. The van der Waals surface area contributed by atoms with Crippen molar-refractivity contribution in [3.63, 3.8) is 0 Å². The highest BCUT2D eigenvalue weighted by molar-refractivity contribution is 7.89. The summed E-state index contributed by atoms with van der Waals surface area (Å²) < 4.78 is 29.9. The number of carbonyl (C=O) groups is 3. The van der Waals surface area contributed by atoms with E-state index in [1.807, 2.05) is 20.0 Å². The first-order valence-corrected chi connectivity index (χ1v) is 12.6. The molecule has 33 heavy (non-hydrogen) atoms. The van der Waals surface area contributed by atoms with Gasteiger partial charge in [-0.3, -0.25) is 19.1 Å². The Morgan fingerprint density at radius 3 is 2.67 bits per heavy atom. The van der Waals surface area contributed by atoms with Gasteiger partial charge in [-0.05, 0) is 42.9 Å². The summed E-state index contributed by atoms with van der Waals surface area (Å²) >= 11 is 0. The normalized spacial score (nSPS) is 18.5. The fourth-order valence-electron chi connectivity index (χ4n) is 3.85. The molecule has 2 aromatic rings. The third-order valence-electron chi connectivity index (χ3n) is 5.51. The van der Waals surface area contributed by atoms with Gasteiger partial charge >= 0.3 is 0 Å². The van der Waals surface area contributed by atoms with Crippen molar-refractivity contribution in [2.24, 2.45) is 11.8 Å². The summed E-state index contributed by atoms with van der Waals surface area (Å²) in [6.45, 7) is 4.71. The molecule has 1 aromatic heterocycles. The van der Waals surface area contributed by atoms with Crippen LogP contribution in [0, 0.1) is 11.8 Å². The Hall–Kier alpha value is -2.85. The number of benzene rings is 1. The van der Waals surface area contributed by atoms with Crippen molar-refractivity contribution < 1.29 is 22.8 Å². The predicted molar refractivity (Wildman–Crippen MR) is 122 cm³/mol. The van der Waals surface area contributed by atoms with Crippen molar-refractivity contribution >= 4 is 27.5 Å². The van der Waals surface area contributed by atoms with E-state index in [0.717, 1.165) is 5.56 Å². The summed E-state index contributed by atoms with van der Waals surface area (Å²) in [7, 11) is -3.93. The first-order chi connectivity index (χ1) is 15.7. The average Bonchev–Trinajstić information content (AvgIpc) is 3.21. The molecule has 0 saturated heterocycles. The Balaban J connectivity index is 1.82. The van der Waals surface area contributed by atoms with Crippen molar-refractivity contribution in [3.05, 3.63) is 48.3 Å². The minimum Gasteiger partial charge on any atom is -0.349 e. The fourth-order valence-corrected chi connectivity index (χ4v) is 5.10. The number of amides is 1. The fraction of sp³-hybridized carbons (Fsp3) is 0.478. The van der Waals surface area contributed by atoms with Crippen molar-refractivity contribution in [1.82, 2.24) is 19.8 Å². The van der Waals surface area contributed by atoms with Gasteiger partial charge in [-0.1, -0.05) is 32.0 Å². The first kappa shape index (κ1) is 24.8. The molecule has 2 heterocycles. The Morgan fingerprint density at radius 1 is 1.24 bits per heavy atom. The second-order valence-corrected chi connectivity index (χ2v) is 10.5. The van der Waals surface area contributed by atoms with E-state index in [4.69, 9.17) is 0 Å². The molecule has 0 aliphatic carbocycles. The molecule has 0 fully saturated rings. The summed E-state index contributed by atoms with van der Waals surface area (Å²) in [5.41, 5.74) is 0.751. The van der Waals surface area contributed by atoms with E-state index in [2.05, 4.69) is 15.1 Å². The van der Waals surface area contributed by atoms with E-state index in [1.165, 1.54) is 12.1 Å². The van der Waals surface area contributed by atoms with Crippen molar-refractivity contribution in [2.45, 2.75) is 57.0 Å². The molecule has 1 aliphatic heterocycles. The summed E-state index contributed by atoms with van der Waals surface area (Å²) in [5.74, 6) is -2.68. The van der Waals surface area contributed by atoms with E-state index < -0.39 is 39.5 Å². The van der Waals surface area contributed by atoms with Crippen LogP contribution in [0.5, 0.6) is 0 Å². The van der Waals surface area contributed by atoms with Crippen LogP contribution in [0.1, 0.15) is 38.7 Å². The number of aryl methyl sites for hydroxylation is 1. The van der Waals surface area contributed by atoms with Gasteiger partial charge in [0.1, 0.15) is 0 Å². The maximum absolute atomic E-state index is 13.3. The van der Waals surface area contributed by atoms with Crippen LogP contribution >= 0.6 is 0 Å². The highest BCUT2D eigenvalue weighted by Gasteiger charge is 2.33. The lowest BCUT2D eigenvalue weighted by atomic mass is 9.87. The molecule has 0 spiro atoms. The third kappa shape index (κ3) is 6.82. The third-order valence-corrected chi connectivity index (χ3v) is 6.99. The second kappa shape index (κ2) is 10.8. The Morgan fingerprint density at radius 2 is 1.97 bits per heavy atom. The van der Waals surface area contributed by atoms with Crippen LogP contribution in [0.25, 0.3) is 0 Å². The Bertz CT molecular complexity index is 1100. The molecule has 1 amide bonds. The maximum Gasteiger partial charge on any atom is 0.287 e. The number of carbonyl (C=O) groups excluding carboxylic acids is 3. The molecule has 3 rings (SSSR count). The highest BCUT2D eigenvalue weighted by atomic mass is 32.2. The molecule has 10 heteroatoms. The first-order valence-electron chi connectivity index (χ1n) is 11.1. The van der Waals surface area contributed by atoms with Crippen LogP contribution in [0.15, 0.2) is 47.6 Å². The number of nitrogens with one attached hydrogen (secondary N) is 2. The van der Waals surface area contributed by atoms with Gasteiger partial charge in [0.05, 0.1) is 17.1 Å². The largest absolute Gasteiger partial charge is 0.349 e. The second-order valence-electron chi connectivity index (χ2n) is 8.77. The SMILES string of the molecule is CC(C)CC(NS(=O)(=O)c1ccccc1)C(=O)CC1Cc2cnn(c2)CCCNC(=O)C1=O. The van der Waals surface area contributed by atoms with Crippen LogP contribution in [0.2, 0.25) is 0 Å². The standard InChI is InChI=1S/C23H30N4O5S/c1-16(2)11-20(26-33(31,32)19-7-4-3-5-8-19)21(28)13-18-12-17-14-25-27(15-17)10-6-9-24-23(30)22(18)29/h3-5,7-8,14-16,18,20,26H,6,9-13H2,1-2H3,(H,24,30). The van der Waals surface area contributed by atoms with Gasteiger partial charge in [0.2, 0.25) is 15.8 Å². The molecular weight excluding hydrogens is 444 g/mol. The number of Topliss-reactive ketones (excluding diaryl/α,β-unsaturated/α-hetero) is 2. The maximum atomic E-state index is 13.3. The van der Waals surface area contributed by atoms with Gasteiger partial charge in [0, 0.05) is 31.6 Å². The minimum absolute atomic E-state index is 0.0298. The van der Waals surface area contributed by atoms with Crippen LogP contribution in [-0.4, -0.2) is 48.3 Å². The number of fused-ring (bicyclic) bond motifs is 2. The number of hydrogen-bond donors (Lipinski definition) is 2. The number of aromatic nitrogens is 2. The predicted octanol–water partition coefficient (Wildman–Crippen LogP) is 1.48. The lowest BCUT2D eigenvalue weighted by Crippen LogP contribution is -2.44. The topological polar surface area (TPSA) is 127 Å². The molecule has 2 atom stereocenters. The van der Waals surface area contributed by atoms with E-state index >= 15 is 0 Å². The van der Waals surface area contributed by atoms with Gasteiger partial charge in [-0.2, -0.15) is 5.10 Å². The Kier molecular flexibility index (Phi) is 8.15. The summed E-state index contributed by atoms with van der Waals surface area (Å²) in [6.07, 6.45) is 4.28. The van der Waals surface area contributed by atoms with E-state index in [9.17, 15) is 22.8 Å². The molecule has 178 valence electrons. The van der Waals surface area contributed by atoms with Crippen LogP contribution in [0.4, 0.5) is 0 Å². The lowest BCUT2D eigenvalue weighted by molar-refractivity contribution is -0.141. The molecule has 1 aromatic carbocycles. The lowest BCUT2D eigenvalue weighted by Gasteiger charge is -2.22. The number of rotatable bonds is 8.